The van der Waals surface area contributed by atoms with E-state index >= 15 is 0 Å². The quantitative estimate of drug-likeness (QED) is 0.377. The smallest absolute Gasteiger partial charge is 0.407 e. The Hall–Kier alpha value is -4.41. The van der Waals surface area contributed by atoms with Crippen molar-refractivity contribution in [2.75, 3.05) is 13.1 Å². The maximum Gasteiger partial charge on any atom is 0.407 e. The Kier molecular flexibility index (Phi) is 7.76. The maximum atomic E-state index is 12.7. The summed E-state index contributed by atoms with van der Waals surface area (Å²) in [4.78, 5) is 42.2. The lowest BCUT2D eigenvalue weighted by Crippen LogP contribution is -2.49. The fourth-order valence-electron chi connectivity index (χ4n) is 4.78. The second-order valence-electron chi connectivity index (χ2n) is 10.0. The molecule has 39 heavy (non-hydrogen) atoms. The number of likely N-dealkylation sites (tertiary alicyclic amines) is 1. The molecule has 2 aliphatic rings. The molecule has 3 amide bonds. The number of rotatable bonds is 9. The van der Waals surface area contributed by atoms with Crippen molar-refractivity contribution >= 4 is 17.9 Å². The Morgan fingerprint density at radius 3 is 2.49 bits per heavy atom. The summed E-state index contributed by atoms with van der Waals surface area (Å²) in [6.07, 6.45) is 5.07. The standard InChI is InChI=1S/C28H31N5O6/c1-17(30-27(35)24-12-14-38-32-24)25(20-8-6-19(7-9-20)18-4-5-18)39-22-10-11-23(29-15-22)26(34)31-21-3-2-13-33(16-21)28(36)37/h6-12,14-15,17-18,21,25H,2-5,13,16H2,1H3,(H,30,35)(H,31,34)(H,36,37)/t17?,21-,25?/m0/s1. The monoisotopic (exact) mass is 533 g/mol. The lowest BCUT2D eigenvalue weighted by atomic mass is 10.00. The van der Waals surface area contributed by atoms with Gasteiger partial charge < -0.3 is 29.9 Å². The largest absolute Gasteiger partial charge is 0.482 e. The van der Waals surface area contributed by atoms with Gasteiger partial charge in [0.1, 0.15) is 23.8 Å². The van der Waals surface area contributed by atoms with Crippen LogP contribution in [0.4, 0.5) is 4.79 Å². The van der Waals surface area contributed by atoms with E-state index in [2.05, 4.69) is 32.9 Å². The second-order valence-corrected chi connectivity index (χ2v) is 10.0. The third-order valence-corrected chi connectivity index (χ3v) is 7.06. The van der Waals surface area contributed by atoms with Crippen LogP contribution in [-0.2, 0) is 0 Å². The van der Waals surface area contributed by atoms with Crippen molar-refractivity contribution in [1.82, 2.24) is 25.7 Å². The molecule has 2 fully saturated rings. The van der Waals surface area contributed by atoms with Crippen molar-refractivity contribution in [2.24, 2.45) is 0 Å². The lowest BCUT2D eigenvalue weighted by Gasteiger charge is -2.31. The Morgan fingerprint density at radius 2 is 1.85 bits per heavy atom. The van der Waals surface area contributed by atoms with E-state index in [0.717, 1.165) is 5.56 Å². The van der Waals surface area contributed by atoms with Crippen molar-refractivity contribution < 1.29 is 28.8 Å². The van der Waals surface area contributed by atoms with E-state index in [9.17, 15) is 19.5 Å². The van der Waals surface area contributed by atoms with Crippen LogP contribution in [0, 0.1) is 0 Å². The molecule has 3 aromatic rings. The van der Waals surface area contributed by atoms with Crippen LogP contribution >= 0.6 is 0 Å². The Balaban J connectivity index is 1.27. The number of piperidine rings is 1. The molecule has 11 heteroatoms. The number of nitrogens with one attached hydrogen (secondary N) is 2. The number of carbonyl (C=O) groups excluding carboxylic acids is 2. The van der Waals surface area contributed by atoms with Gasteiger partial charge in [0.05, 0.1) is 12.2 Å². The third-order valence-electron chi connectivity index (χ3n) is 7.06. The molecule has 0 radical (unpaired) electrons. The minimum Gasteiger partial charge on any atom is -0.482 e. The number of ether oxygens (including phenoxy) is 1. The fraction of sp³-hybridized carbons (Fsp3) is 0.393. The normalized spacial score (nSPS) is 18.6. The summed E-state index contributed by atoms with van der Waals surface area (Å²) < 4.78 is 11.1. The number of nitrogens with zero attached hydrogens (tertiary/aromatic N) is 3. The maximum absolute atomic E-state index is 12.7. The highest BCUT2D eigenvalue weighted by Gasteiger charge is 2.28. The molecule has 11 nitrogen and oxygen atoms in total. The summed E-state index contributed by atoms with van der Waals surface area (Å²) in [5.74, 6) is 0.291. The van der Waals surface area contributed by atoms with Gasteiger partial charge in [0, 0.05) is 25.2 Å². The Labute approximate surface area is 225 Å². The molecule has 0 spiro atoms. The number of carboxylic acid groups (broad SMARTS) is 1. The number of benzene rings is 1. The number of pyridine rings is 1. The molecule has 3 atom stereocenters. The molecule has 1 aliphatic carbocycles. The molecular formula is C28H31N5O6. The molecule has 2 unspecified atom stereocenters. The molecule has 0 bridgehead atoms. The van der Waals surface area contributed by atoms with E-state index in [1.807, 2.05) is 19.1 Å². The zero-order valence-electron chi connectivity index (χ0n) is 21.6. The van der Waals surface area contributed by atoms with Crippen molar-refractivity contribution in [3.05, 3.63) is 77.4 Å². The van der Waals surface area contributed by atoms with Crippen LogP contribution in [-0.4, -0.2) is 63.2 Å². The minimum absolute atomic E-state index is 0.172. The van der Waals surface area contributed by atoms with Crippen LogP contribution in [0.3, 0.4) is 0 Å². The molecule has 204 valence electrons. The van der Waals surface area contributed by atoms with E-state index < -0.39 is 18.2 Å². The summed E-state index contributed by atoms with van der Waals surface area (Å²) in [7, 11) is 0. The molecular weight excluding hydrogens is 502 g/mol. The molecule has 1 aliphatic heterocycles. The van der Waals surface area contributed by atoms with Crippen molar-refractivity contribution in [2.45, 2.75) is 56.7 Å². The molecule has 1 saturated carbocycles. The predicted octanol–water partition coefficient (Wildman–Crippen LogP) is 3.76. The van der Waals surface area contributed by atoms with Crippen LogP contribution in [0.25, 0.3) is 0 Å². The zero-order chi connectivity index (χ0) is 27.4. The highest BCUT2D eigenvalue weighted by atomic mass is 16.5. The molecule has 3 heterocycles. The number of amides is 3. The average molecular weight is 534 g/mol. The van der Waals surface area contributed by atoms with Crippen molar-refractivity contribution in [3.8, 4) is 5.75 Å². The highest BCUT2D eigenvalue weighted by molar-refractivity contribution is 5.93. The summed E-state index contributed by atoms with van der Waals surface area (Å²) >= 11 is 0. The van der Waals surface area contributed by atoms with Gasteiger partial charge in [-0.05, 0) is 61.8 Å². The first-order valence-electron chi connectivity index (χ1n) is 13.1. The molecule has 3 N–H and O–H groups in total. The predicted molar refractivity (Wildman–Crippen MR) is 140 cm³/mol. The van der Waals surface area contributed by atoms with Crippen LogP contribution in [0.15, 0.2) is 59.4 Å². The molecule has 1 saturated heterocycles. The number of hydrogen-bond acceptors (Lipinski definition) is 7. The van der Waals surface area contributed by atoms with Crippen LogP contribution < -0.4 is 15.4 Å². The van der Waals surface area contributed by atoms with Gasteiger partial charge in [-0.1, -0.05) is 29.4 Å². The Morgan fingerprint density at radius 1 is 1.05 bits per heavy atom. The number of hydrogen-bond donors (Lipinski definition) is 3. The summed E-state index contributed by atoms with van der Waals surface area (Å²) in [6.45, 7) is 2.56. The van der Waals surface area contributed by atoms with E-state index in [0.29, 0.717) is 31.1 Å². The van der Waals surface area contributed by atoms with Gasteiger partial charge in [-0.2, -0.15) is 0 Å². The summed E-state index contributed by atoms with van der Waals surface area (Å²) in [6, 6.07) is 12.2. The average Bonchev–Trinajstić information content (AvgIpc) is 3.65. The Bertz CT molecular complexity index is 1290. The molecule has 2 aromatic heterocycles. The second kappa shape index (κ2) is 11.5. The lowest BCUT2D eigenvalue weighted by molar-refractivity contribution is 0.0866. The first kappa shape index (κ1) is 26.2. The zero-order valence-corrected chi connectivity index (χ0v) is 21.6. The number of aromatic nitrogens is 2. The first-order chi connectivity index (χ1) is 18.9. The van der Waals surface area contributed by atoms with E-state index in [-0.39, 0.29) is 35.8 Å². The topological polar surface area (TPSA) is 147 Å². The fourth-order valence-corrected chi connectivity index (χ4v) is 4.78. The van der Waals surface area contributed by atoms with Gasteiger partial charge >= 0.3 is 6.09 Å². The van der Waals surface area contributed by atoms with Crippen LogP contribution in [0.1, 0.15) is 76.7 Å². The highest BCUT2D eigenvalue weighted by Crippen LogP contribution is 2.40. The van der Waals surface area contributed by atoms with Crippen molar-refractivity contribution in [3.63, 3.8) is 0 Å². The summed E-state index contributed by atoms with van der Waals surface area (Å²) in [5, 5.41) is 18.7. The molecule has 1 aromatic carbocycles. The minimum atomic E-state index is -0.989. The summed E-state index contributed by atoms with van der Waals surface area (Å²) in [5.41, 5.74) is 2.55. The van der Waals surface area contributed by atoms with Gasteiger partial charge in [-0.25, -0.2) is 9.78 Å². The first-order valence-corrected chi connectivity index (χ1v) is 13.1. The van der Waals surface area contributed by atoms with Crippen LogP contribution in [0.5, 0.6) is 5.75 Å². The van der Waals surface area contributed by atoms with Gasteiger partial charge in [-0.15, -0.1) is 0 Å². The van der Waals surface area contributed by atoms with Gasteiger partial charge in [0.2, 0.25) is 0 Å². The van der Waals surface area contributed by atoms with Gasteiger partial charge in [-0.3, -0.25) is 9.59 Å². The van der Waals surface area contributed by atoms with E-state index in [1.54, 1.807) is 12.1 Å². The number of carbonyl (C=O) groups is 3. The van der Waals surface area contributed by atoms with Crippen molar-refractivity contribution in [1.29, 1.82) is 0 Å². The van der Waals surface area contributed by atoms with E-state index in [1.165, 1.54) is 41.8 Å². The van der Waals surface area contributed by atoms with Gasteiger partial charge in [0.15, 0.2) is 5.69 Å². The third kappa shape index (κ3) is 6.54. The molecule has 5 rings (SSSR count). The van der Waals surface area contributed by atoms with Gasteiger partial charge in [0.25, 0.3) is 11.8 Å². The van der Waals surface area contributed by atoms with E-state index in [4.69, 9.17) is 9.26 Å². The van der Waals surface area contributed by atoms with Crippen LogP contribution in [0.2, 0.25) is 0 Å². The SMILES string of the molecule is CC(NC(=O)c1ccon1)C(Oc1ccc(C(=O)N[C@H]2CCCN(C(=O)O)C2)nc1)c1ccc(C2CC2)cc1.